The van der Waals surface area contributed by atoms with Gasteiger partial charge in [0.2, 0.25) is 0 Å². The van der Waals surface area contributed by atoms with E-state index < -0.39 is 0 Å². The van der Waals surface area contributed by atoms with Crippen molar-refractivity contribution in [3.8, 4) is 45.3 Å². The third-order valence-corrected chi connectivity index (χ3v) is 13.9. The monoisotopic (exact) mass is 745 g/mol. The minimum absolute atomic E-state index is 0.651. The van der Waals surface area contributed by atoms with Crippen molar-refractivity contribution < 1.29 is 4.42 Å². The summed E-state index contributed by atoms with van der Waals surface area (Å²) in [5.41, 5.74) is 19.6. The summed E-state index contributed by atoms with van der Waals surface area (Å²) in [7, 11) is 22.0. The second kappa shape index (κ2) is 13.8. The third kappa shape index (κ3) is 5.70. The molecule has 10 aromatic rings. The molecule has 0 unspecified atom stereocenters. The molecule has 0 fully saturated rings. The molecule has 2 heterocycles. The Balaban J connectivity index is 1.14. The van der Waals surface area contributed by atoms with Crippen LogP contribution >= 0.6 is 0 Å². The maximum Gasteiger partial charge on any atom is 0.164 e. The molecule has 0 radical (unpaired) electrons. The first-order chi connectivity index (χ1) is 28.4. The number of rotatable bonds is 4. The van der Waals surface area contributed by atoms with E-state index in [1.807, 2.05) is 0 Å². The van der Waals surface area contributed by atoms with Crippen LogP contribution in [0.15, 0.2) is 108 Å². The van der Waals surface area contributed by atoms with Gasteiger partial charge in [-0.1, -0.05) is 88.6 Å². The fraction of sp³-hybridized carbons (Fsp3) is 0. The molecule has 0 saturated heterocycles. The Kier molecular flexibility index (Phi) is 8.72. The molecule has 0 aliphatic heterocycles. The molecule has 0 spiro atoms. The molecular weight excluding hydrogens is 707 g/mol. The van der Waals surface area contributed by atoms with Gasteiger partial charge in [-0.15, -0.1) is 32.8 Å². The average molecular weight is 744 g/mol. The fourth-order valence-electron chi connectivity index (χ4n) is 9.58. The molecule has 59 heavy (non-hydrogen) atoms. The van der Waals surface area contributed by atoms with Crippen LogP contribution in [-0.2, 0) is 0 Å². The van der Waals surface area contributed by atoms with Crippen LogP contribution in [0.2, 0.25) is 0 Å². The number of hydrogen-bond acceptors (Lipinski definition) is 4. The van der Waals surface area contributed by atoms with Gasteiger partial charge in [-0.05, 0) is 79.8 Å². The summed E-state index contributed by atoms with van der Waals surface area (Å²) in [6.07, 6.45) is 0. The van der Waals surface area contributed by atoms with Crippen LogP contribution in [0.4, 0.5) is 0 Å². The lowest BCUT2D eigenvalue weighted by molar-refractivity contribution is 0.669. The summed E-state index contributed by atoms with van der Waals surface area (Å²) < 4.78 is 6.59. The summed E-state index contributed by atoms with van der Waals surface area (Å²) in [5, 5.41) is 9.71. The van der Waals surface area contributed by atoms with Crippen molar-refractivity contribution in [3.05, 3.63) is 103 Å². The van der Waals surface area contributed by atoms with Gasteiger partial charge in [0.05, 0.1) is 0 Å². The number of furan rings is 1. The Morgan fingerprint density at radius 3 is 1.17 bits per heavy atom. The number of aromatic nitrogens is 3. The SMILES string of the molecule is Bc1c(B)c(B)c(-c2nc(-c3ccc4oc5cc(-c6ccc7c8ccccc8c8ccccc8c7c6)ccc5c4c3)nc(-c3c(B)c(B)c(B)c(B)c3B)n2)c(B)c1B. The topological polar surface area (TPSA) is 51.8 Å². The Morgan fingerprint density at radius 1 is 0.288 bits per heavy atom. The molecule has 0 N–H and O–H groups in total. The van der Waals surface area contributed by atoms with Gasteiger partial charge in [-0.25, -0.2) is 15.0 Å². The maximum atomic E-state index is 6.59. The third-order valence-electron chi connectivity index (χ3n) is 13.9. The summed E-state index contributed by atoms with van der Waals surface area (Å²) in [5.74, 6) is 2.07. The van der Waals surface area contributed by atoms with E-state index in [1.54, 1.807) is 0 Å². The van der Waals surface area contributed by atoms with Gasteiger partial charge in [0.1, 0.15) is 89.6 Å². The maximum absolute atomic E-state index is 6.59. The fourth-order valence-corrected chi connectivity index (χ4v) is 9.58. The van der Waals surface area contributed by atoms with Crippen LogP contribution in [0.5, 0.6) is 0 Å². The van der Waals surface area contributed by atoms with E-state index in [2.05, 4.69) is 182 Å². The van der Waals surface area contributed by atoms with E-state index >= 15 is 0 Å². The molecule has 10 rings (SSSR count). The average Bonchev–Trinajstić information content (AvgIpc) is 3.63. The van der Waals surface area contributed by atoms with E-state index in [0.717, 1.165) is 49.8 Å². The van der Waals surface area contributed by atoms with Gasteiger partial charge in [0.15, 0.2) is 17.5 Å². The van der Waals surface area contributed by atoms with E-state index in [-0.39, 0.29) is 0 Å². The lowest BCUT2D eigenvalue weighted by Crippen LogP contribution is -2.55. The van der Waals surface area contributed by atoms with Gasteiger partial charge < -0.3 is 4.42 Å². The first-order valence-electron chi connectivity index (χ1n) is 20.6. The standard InChI is InChI=1S/C45H37B10N3O/c46-33-31(34(47)38(51)41(54)37(33)50)44-56-43(57-45(58-44)32-35(48)39(52)42(55)40(53)36(32)49)20-11-14-29-28(16-20)26-13-10-19(17-30(26)59-29)18-9-12-25-23-7-2-1-5-21(23)22-6-3-4-8-24(22)27(25)15-18/h1-17H,46-55H2. The number of nitrogens with zero attached hydrogens (tertiary/aromatic N) is 3. The molecule has 0 atom stereocenters. The molecule has 0 aliphatic carbocycles. The minimum Gasteiger partial charge on any atom is -0.456 e. The van der Waals surface area contributed by atoms with E-state index in [9.17, 15) is 0 Å². The van der Waals surface area contributed by atoms with Crippen LogP contribution in [0, 0.1) is 0 Å². The Bertz CT molecular complexity index is 3300. The Labute approximate surface area is 353 Å². The van der Waals surface area contributed by atoms with Crippen molar-refractivity contribution >= 4 is 187 Å². The van der Waals surface area contributed by atoms with Gasteiger partial charge >= 0.3 is 0 Å². The highest BCUT2D eigenvalue weighted by Gasteiger charge is 2.22. The molecule has 0 bridgehead atoms. The summed E-state index contributed by atoms with van der Waals surface area (Å²) >= 11 is 0. The quantitative estimate of drug-likeness (QED) is 0.134. The normalized spacial score (nSPS) is 11.7. The Hall–Kier alpha value is -6.00. The highest BCUT2D eigenvalue weighted by atomic mass is 16.3. The lowest BCUT2D eigenvalue weighted by Gasteiger charge is -2.22. The van der Waals surface area contributed by atoms with Crippen molar-refractivity contribution in [2.45, 2.75) is 0 Å². The molecule has 14 heteroatoms. The molecule has 4 nitrogen and oxygen atoms in total. The van der Waals surface area contributed by atoms with Gasteiger partial charge in [0, 0.05) is 27.5 Å². The van der Waals surface area contributed by atoms with Crippen LogP contribution in [0.1, 0.15) is 0 Å². The van der Waals surface area contributed by atoms with Gasteiger partial charge in [-0.2, -0.15) is 0 Å². The molecule has 268 valence electrons. The van der Waals surface area contributed by atoms with Crippen molar-refractivity contribution in [1.29, 1.82) is 0 Å². The molecular formula is C45H37B10N3O. The minimum atomic E-state index is 0.651. The highest BCUT2D eigenvalue weighted by molar-refractivity contribution is 6.70. The zero-order valence-electron chi connectivity index (χ0n) is 35.6. The van der Waals surface area contributed by atoms with Gasteiger partial charge in [0.25, 0.3) is 0 Å². The molecule has 0 amide bonds. The smallest absolute Gasteiger partial charge is 0.164 e. The first-order valence-corrected chi connectivity index (χ1v) is 20.6. The Morgan fingerprint density at radius 2 is 0.661 bits per heavy atom. The summed E-state index contributed by atoms with van der Waals surface area (Å²) in [4.78, 5) is 15.9. The molecule has 0 aliphatic rings. The number of fused-ring (bicyclic) bond motifs is 9. The van der Waals surface area contributed by atoms with Crippen molar-refractivity contribution in [3.63, 3.8) is 0 Å². The van der Waals surface area contributed by atoms with Crippen LogP contribution in [0.3, 0.4) is 0 Å². The molecule has 0 saturated carbocycles. The van der Waals surface area contributed by atoms with Crippen molar-refractivity contribution in [2.75, 3.05) is 0 Å². The van der Waals surface area contributed by atoms with Gasteiger partial charge in [-0.3, -0.25) is 0 Å². The first kappa shape index (κ1) is 37.3. The second-order valence-electron chi connectivity index (χ2n) is 16.7. The zero-order valence-corrected chi connectivity index (χ0v) is 35.6. The lowest BCUT2D eigenvalue weighted by atomic mass is 9.60. The van der Waals surface area contributed by atoms with Crippen molar-refractivity contribution in [2.24, 2.45) is 0 Å². The van der Waals surface area contributed by atoms with E-state index in [1.165, 1.54) is 86.9 Å². The summed E-state index contributed by atoms with van der Waals surface area (Å²) in [6, 6.07) is 37.2. The van der Waals surface area contributed by atoms with Crippen molar-refractivity contribution in [1.82, 2.24) is 15.0 Å². The number of benzene rings is 8. The second-order valence-corrected chi connectivity index (χ2v) is 16.7. The van der Waals surface area contributed by atoms with E-state index in [0.29, 0.717) is 17.5 Å². The molecule has 2 aromatic heterocycles. The number of hydrogen-bond donors (Lipinski definition) is 0. The predicted octanol–water partition coefficient (Wildman–Crippen LogP) is -5.52. The highest BCUT2D eigenvalue weighted by Crippen LogP contribution is 2.39. The predicted molar refractivity (Wildman–Crippen MR) is 283 cm³/mol. The van der Waals surface area contributed by atoms with E-state index in [4.69, 9.17) is 19.4 Å². The summed E-state index contributed by atoms with van der Waals surface area (Å²) in [6.45, 7) is 0. The van der Waals surface area contributed by atoms with Crippen LogP contribution in [-0.4, -0.2) is 93.4 Å². The molecule has 8 aromatic carbocycles. The van der Waals surface area contributed by atoms with Crippen LogP contribution in [0.25, 0.3) is 99.5 Å². The zero-order chi connectivity index (χ0) is 41.0. The largest absolute Gasteiger partial charge is 0.456 e. The van der Waals surface area contributed by atoms with Crippen LogP contribution < -0.4 is 54.6 Å².